The van der Waals surface area contributed by atoms with Crippen molar-refractivity contribution in [3.8, 4) is 0 Å². The second-order valence-corrected chi connectivity index (χ2v) is 8.90. The Morgan fingerprint density at radius 2 is 1.91 bits per heavy atom. The third-order valence-electron chi connectivity index (χ3n) is 3.53. The van der Waals surface area contributed by atoms with Gasteiger partial charge in [-0.3, -0.25) is 0 Å². The van der Waals surface area contributed by atoms with Gasteiger partial charge in [0.2, 0.25) is 10.0 Å². The van der Waals surface area contributed by atoms with E-state index >= 15 is 0 Å². The molecule has 0 bridgehead atoms. The zero-order valence-corrected chi connectivity index (χ0v) is 15.5. The van der Waals surface area contributed by atoms with E-state index in [9.17, 15) is 13.2 Å². The molecule has 1 aliphatic rings. The lowest BCUT2D eigenvalue weighted by Gasteiger charge is -2.26. The highest BCUT2D eigenvalue weighted by molar-refractivity contribution is 7.88. The topological polar surface area (TPSA) is 87.7 Å². The van der Waals surface area contributed by atoms with Crippen LogP contribution in [-0.2, 0) is 14.8 Å². The first-order chi connectivity index (χ1) is 10.6. The van der Waals surface area contributed by atoms with Crippen LogP contribution >= 0.6 is 0 Å². The van der Waals surface area contributed by atoms with Crippen LogP contribution < -0.4 is 10.0 Å². The summed E-state index contributed by atoms with van der Waals surface area (Å²) in [5.41, 5.74) is -0.465. The van der Waals surface area contributed by atoms with Crippen molar-refractivity contribution in [1.82, 2.24) is 14.9 Å². The molecule has 1 atom stereocenters. The number of amides is 1. The molecular formula is C15H31N3O4S. The van der Waals surface area contributed by atoms with Gasteiger partial charge in [0.05, 0.1) is 6.26 Å². The number of rotatable bonds is 6. The maximum atomic E-state index is 12.1. The summed E-state index contributed by atoms with van der Waals surface area (Å²) in [6, 6.07) is 0.362. The second-order valence-electron chi connectivity index (χ2n) is 7.07. The fraction of sp³-hybridized carbons (Fsp3) is 0.933. The van der Waals surface area contributed by atoms with E-state index in [0.717, 1.165) is 45.0 Å². The molecule has 7 nitrogen and oxygen atoms in total. The van der Waals surface area contributed by atoms with E-state index in [0.29, 0.717) is 19.1 Å². The second kappa shape index (κ2) is 8.84. The van der Waals surface area contributed by atoms with E-state index in [1.54, 1.807) is 4.90 Å². The van der Waals surface area contributed by atoms with Gasteiger partial charge in [-0.25, -0.2) is 17.9 Å². The van der Waals surface area contributed by atoms with E-state index in [2.05, 4.69) is 10.0 Å². The molecule has 1 heterocycles. The monoisotopic (exact) mass is 349 g/mol. The summed E-state index contributed by atoms with van der Waals surface area (Å²) in [6.07, 6.45) is 4.52. The van der Waals surface area contributed by atoms with E-state index in [4.69, 9.17) is 4.74 Å². The quantitative estimate of drug-likeness (QED) is 0.706. The number of nitrogens with zero attached hydrogens (tertiary/aromatic N) is 1. The fourth-order valence-corrected chi connectivity index (χ4v) is 2.98. The zero-order valence-electron chi connectivity index (χ0n) is 14.7. The molecule has 2 N–H and O–H groups in total. The van der Waals surface area contributed by atoms with Crippen LogP contribution in [0.2, 0.25) is 0 Å². The fourth-order valence-electron chi connectivity index (χ4n) is 2.46. The Bertz CT molecular complexity index is 474. The van der Waals surface area contributed by atoms with Gasteiger partial charge in [-0.1, -0.05) is 0 Å². The summed E-state index contributed by atoms with van der Waals surface area (Å²) in [6.45, 7) is 8.24. The third kappa shape index (κ3) is 9.78. The van der Waals surface area contributed by atoms with Crippen LogP contribution in [0.3, 0.4) is 0 Å². The Morgan fingerprint density at radius 3 is 2.52 bits per heavy atom. The van der Waals surface area contributed by atoms with Gasteiger partial charge in [-0.05, 0) is 53.0 Å². The van der Waals surface area contributed by atoms with Crippen LogP contribution in [0.5, 0.6) is 0 Å². The molecule has 136 valence electrons. The van der Waals surface area contributed by atoms with E-state index < -0.39 is 15.6 Å². The van der Waals surface area contributed by atoms with Gasteiger partial charge in [-0.15, -0.1) is 0 Å². The van der Waals surface area contributed by atoms with E-state index in [1.165, 1.54) is 0 Å². The Hall–Kier alpha value is -0.860. The minimum Gasteiger partial charge on any atom is -0.444 e. The lowest BCUT2D eigenvalue weighted by Crippen LogP contribution is -2.38. The van der Waals surface area contributed by atoms with Crippen molar-refractivity contribution in [1.29, 1.82) is 0 Å². The first-order valence-corrected chi connectivity index (χ1v) is 10.1. The van der Waals surface area contributed by atoms with Gasteiger partial charge in [0, 0.05) is 25.7 Å². The Kier molecular flexibility index (Phi) is 7.76. The Labute approximate surface area is 140 Å². The number of carbonyl (C=O) groups is 1. The molecule has 0 saturated carbocycles. The summed E-state index contributed by atoms with van der Waals surface area (Å²) in [4.78, 5) is 13.9. The third-order valence-corrected chi connectivity index (χ3v) is 4.26. The molecule has 1 unspecified atom stereocenters. The van der Waals surface area contributed by atoms with Crippen molar-refractivity contribution >= 4 is 16.1 Å². The SMILES string of the molecule is CC(C)(C)OC(=O)N1CCCC(NCCCNS(C)(=O)=O)CC1. The average molecular weight is 349 g/mol. The molecule has 0 aromatic rings. The van der Waals surface area contributed by atoms with Crippen LogP contribution in [0.4, 0.5) is 4.79 Å². The van der Waals surface area contributed by atoms with Crippen molar-refractivity contribution in [2.75, 3.05) is 32.4 Å². The number of hydrogen-bond acceptors (Lipinski definition) is 5. The van der Waals surface area contributed by atoms with Gasteiger partial charge >= 0.3 is 6.09 Å². The number of likely N-dealkylation sites (tertiary alicyclic amines) is 1. The number of carbonyl (C=O) groups excluding carboxylic acids is 1. The lowest BCUT2D eigenvalue weighted by atomic mass is 10.1. The molecule has 0 aromatic carbocycles. The summed E-state index contributed by atoms with van der Waals surface area (Å²) in [5.74, 6) is 0. The van der Waals surface area contributed by atoms with Gasteiger partial charge in [0.25, 0.3) is 0 Å². The molecule has 8 heteroatoms. The number of ether oxygens (including phenoxy) is 1. The van der Waals surface area contributed by atoms with Crippen LogP contribution in [0, 0.1) is 0 Å². The van der Waals surface area contributed by atoms with Crippen LogP contribution in [-0.4, -0.2) is 63.5 Å². The Morgan fingerprint density at radius 1 is 1.22 bits per heavy atom. The lowest BCUT2D eigenvalue weighted by molar-refractivity contribution is 0.0256. The first-order valence-electron chi connectivity index (χ1n) is 8.23. The van der Waals surface area contributed by atoms with E-state index in [-0.39, 0.29) is 6.09 Å². The normalized spacial score (nSPS) is 20.2. The zero-order chi connectivity index (χ0) is 17.5. The minimum atomic E-state index is -3.10. The van der Waals surface area contributed by atoms with Gasteiger partial charge in [-0.2, -0.15) is 0 Å². The van der Waals surface area contributed by atoms with Gasteiger partial charge < -0.3 is 15.0 Å². The summed E-state index contributed by atoms with van der Waals surface area (Å²) in [7, 11) is -3.10. The largest absolute Gasteiger partial charge is 0.444 e. The van der Waals surface area contributed by atoms with Crippen LogP contribution in [0.25, 0.3) is 0 Å². The number of hydrogen-bond donors (Lipinski definition) is 2. The minimum absolute atomic E-state index is 0.240. The molecular weight excluding hydrogens is 318 g/mol. The summed E-state index contributed by atoms with van der Waals surface area (Å²) in [5, 5.41) is 3.44. The first kappa shape index (κ1) is 20.2. The van der Waals surface area contributed by atoms with Crippen LogP contribution in [0.1, 0.15) is 46.5 Å². The summed E-state index contributed by atoms with van der Waals surface area (Å²) >= 11 is 0. The molecule has 23 heavy (non-hydrogen) atoms. The standard InChI is InChI=1S/C15H31N3O4S/c1-15(2,3)22-14(19)18-11-5-7-13(8-12-18)16-9-6-10-17-23(4,20)21/h13,16-17H,5-12H2,1-4H3. The molecule has 1 fully saturated rings. The average Bonchev–Trinajstić information content (AvgIpc) is 2.60. The molecule has 0 spiro atoms. The highest BCUT2D eigenvalue weighted by Crippen LogP contribution is 2.15. The van der Waals surface area contributed by atoms with Crippen LogP contribution in [0.15, 0.2) is 0 Å². The molecule has 1 aliphatic heterocycles. The maximum absolute atomic E-state index is 12.1. The molecule has 1 amide bonds. The number of nitrogens with one attached hydrogen (secondary N) is 2. The molecule has 0 aliphatic carbocycles. The molecule has 0 aromatic heterocycles. The van der Waals surface area contributed by atoms with Crippen molar-refractivity contribution < 1.29 is 17.9 Å². The maximum Gasteiger partial charge on any atom is 0.410 e. The number of sulfonamides is 1. The van der Waals surface area contributed by atoms with Crippen molar-refractivity contribution in [2.45, 2.75) is 58.1 Å². The predicted molar refractivity (Wildman–Crippen MR) is 90.9 cm³/mol. The Balaban J connectivity index is 2.26. The molecule has 1 rings (SSSR count). The van der Waals surface area contributed by atoms with E-state index in [1.807, 2.05) is 20.8 Å². The van der Waals surface area contributed by atoms with Gasteiger partial charge in [0.1, 0.15) is 5.60 Å². The van der Waals surface area contributed by atoms with Crippen molar-refractivity contribution in [3.63, 3.8) is 0 Å². The smallest absolute Gasteiger partial charge is 0.410 e. The highest BCUT2D eigenvalue weighted by Gasteiger charge is 2.24. The van der Waals surface area contributed by atoms with Crippen molar-refractivity contribution in [3.05, 3.63) is 0 Å². The summed E-state index contributed by atoms with van der Waals surface area (Å²) < 4.78 is 29.8. The highest BCUT2D eigenvalue weighted by atomic mass is 32.2. The molecule has 1 saturated heterocycles. The van der Waals surface area contributed by atoms with Crippen molar-refractivity contribution in [2.24, 2.45) is 0 Å². The predicted octanol–water partition coefficient (Wildman–Crippen LogP) is 1.30. The van der Waals surface area contributed by atoms with Gasteiger partial charge in [0.15, 0.2) is 0 Å². The molecule has 0 radical (unpaired) electrons.